The lowest BCUT2D eigenvalue weighted by Gasteiger charge is -2.22. The van der Waals surface area contributed by atoms with E-state index in [2.05, 4.69) is 4.90 Å². The molecule has 0 amide bonds. The lowest BCUT2D eigenvalue weighted by atomic mass is 10.1. The van der Waals surface area contributed by atoms with Crippen LogP contribution in [0.3, 0.4) is 0 Å². The monoisotopic (exact) mass is 224 g/mol. The van der Waals surface area contributed by atoms with Crippen LogP contribution in [0, 0.1) is 5.82 Å². The van der Waals surface area contributed by atoms with Crippen LogP contribution in [0.4, 0.5) is 10.1 Å². The third-order valence-corrected chi connectivity index (χ3v) is 3.16. The fourth-order valence-electron chi connectivity index (χ4n) is 2.22. The van der Waals surface area contributed by atoms with Crippen molar-refractivity contribution in [2.75, 3.05) is 18.9 Å². The second-order valence-corrected chi connectivity index (χ2v) is 4.30. The van der Waals surface area contributed by atoms with Crippen molar-refractivity contribution < 1.29 is 9.50 Å². The van der Waals surface area contributed by atoms with Gasteiger partial charge in [-0.1, -0.05) is 6.07 Å². The second-order valence-electron chi connectivity index (χ2n) is 4.30. The van der Waals surface area contributed by atoms with Crippen molar-refractivity contribution in [1.29, 1.82) is 0 Å². The molecule has 1 aliphatic rings. The van der Waals surface area contributed by atoms with Crippen LogP contribution in [0.2, 0.25) is 0 Å². The van der Waals surface area contributed by atoms with E-state index in [1.165, 1.54) is 6.07 Å². The van der Waals surface area contributed by atoms with Crippen molar-refractivity contribution in [2.24, 2.45) is 0 Å². The molecule has 1 fully saturated rings. The fraction of sp³-hybridized carbons (Fsp3) is 0.500. The van der Waals surface area contributed by atoms with Crippen molar-refractivity contribution in [3.63, 3.8) is 0 Å². The largest absolute Gasteiger partial charge is 0.399 e. The number of nitrogens with two attached hydrogens (primary N) is 1. The van der Waals surface area contributed by atoms with E-state index in [0.717, 1.165) is 19.4 Å². The molecule has 0 aliphatic carbocycles. The number of nitrogens with zero attached hydrogens (tertiary/aromatic N) is 1. The van der Waals surface area contributed by atoms with Gasteiger partial charge in [0.05, 0.1) is 6.61 Å². The van der Waals surface area contributed by atoms with E-state index in [4.69, 9.17) is 5.73 Å². The predicted octanol–water partition coefficient (Wildman–Crippen LogP) is 1.36. The van der Waals surface area contributed by atoms with E-state index in [9.17, 15) is 9.50 Å². The van der Waals surface area contributed by atoms with Crippen LogP contribution in [0.5, 0.6) is 0 Å². The first-order valence-electron chi connectivity index (χ1n) is 5.59. The van der Waals surface area contributed by atoms with Gasteiger partial charge in [-0.15, -0.1) is 0 Å². The zero-order valence-electron chi connectivity index (χ0n) is 9.19. The Morgan fingerprint density at radius 1 is 1.50 bits per heavy atom. The fourth-order valence-corrected chi connectivity index (χ4v) is 2.22. The molecule has 0 aromatic heterocycles. The van der Waals surface area contributed by atoms with Crippen LogP contribution in [0.15, 0.2) is 18.2 Å². The quantitative estimate of drug-likeness (QED) is 0.762. The normalized spacial score (nSPS) is 21.5. The molecule has 1 aromatic rings. The molecule has 1 unspecified atom stereocenters. The summed E-state index contributed by atoms with van der Waals surface area (Å²) in [6.45, 7) is 1.63. The lowest BCUT2D eigenvalue weighted by Crippen LogP contribution is -2.31. The average Bonchev–Trinajstić information content (AvgIpc) is 2.69. The molecule has 1 aromatic carbocycles. The minimum atomic E-state index is -0.261. The minimum absolute atomic E-state index is 0.149. The molecule has 0 saturated carbocycles. The highest BCUT2D eigenvalue weighted by Gasteiger charge is 2.24. The summed E-state index contributed by atoms with van der Waals surface area (Å²) in [5, 5.41) is 9.17. The lowest BCUT2D eigenvalue weighted by molar-refractivity contribution is 0.152. The van der Waals surface area contributed by atoms with Crippen LogP contribution >= 0.6 is 0 Å². The van der Waals surface area contributed by atoms with Crippen LogP contribution in [0.25, 0.3) is 0 Å². The van der Waals surface area contributed by atoms with Crippen molar-refractivity contribution in [3.05, 3.63) is 29.6 Å². The molecule has 1 atom stereocenters. The van der Waals surface area contributed by atoms with Crippen LogP contribution < -0.4 is 5.73 Å². The summed E-state index contributed by atoms with van der Waals surface area (Å²) in [5.74, 6) is -0.261. The Morgan fingerprint density at radius 3 is 3.00 bits per heavy atom. The number of hydrogen-bond acceptors (Lipinski definition) is 3. The average molecular weight is 224 g/mol. The van der Waals surface area contributed by atoms with E-state index in [0.29, 0.717) is 17.8 Å². The first-order chi connectivity index (χ1) is 7.70. The van der Waals surface area contributed by atoms with Gasteiger partial charge in [0.1, 0.15) is 5.82 Å². The summed E-state index contributed by atoms with van der Waals surface area (Å²) in [6, 6.07) is 4.95. The van der Waals surface area contributed by atoms with Crippen molar-refractivity contribution in [2.45, 2.75) is 25.4 Å². The molecule has 4 heteroatoms. The van der Waals surface area contributed by atoms with Gasteiger partial charge in [-0.2, -0.15) is 0 Å². The van der Waals surface area contributed by atoms with Gasteiger partial charge in [0, 0.05) is 23.8 Å². The van der Waals surface area contributed by atoms with Gasteiger partial charge in [0.15, 0.2) is 0 Å². The van der Waals surface area contributed by atoms with Crippen LogP contribution in [-0.2, 0) is 6.54 Å². The van der Waals surface area contributed by atoms with Gasteiger partial charge in [-0.3, -0.25) is 4.90 Å². The Morgan fingerprint density at radius 2 is 2.31 bits per heavy atom. The molecule has 0 spiro atoms. The van der Waals surface area contributed by atoms with Gasteiger partial charge in [-0.05, 0) is 31.5 Å². The molecular formula is C12H17FN2O. The number of rotatable bonds is 3. The maximum absolute atomic E-state index is 13.6. The van der Waals surface area contributed by atoms with E-state index >= 15 is 0 Å². The number of nitrogen functional groups attached to an aromatic ring is 1. The topological polar surface area (TPSA) is 49.5 Å². The molecule has 3 nitrogen and oxygen atoms in total. The number of likely N-dealkylation sites (tertiary alicyclic amines) is 1. The highest BCUT2D eigenvalue weighted by molar-refractivity contribution is 5.40. The Kier molecular flexibility index (Phi) is 3.41. The summed E-state index contributed by atoms with van der Waals surface area (Å²) in [6.07, 6.45) is 2.06. The third kappa shape index (κ3) is 2.33. The molecule has 2 rings (SSSR count). The zero-order chi connectivity index (χ0) is 11.5. The maximum atomic E-state index is 13.6. The summed E-state index contributed by atoms with van der Waals surface area (Å²) in [5.41, 5.74) is 6.59. The van der Waals surface area contributed by atoms with Crippen LogP contribution in [0.1, 0.15) is 18.4 Å². The van der Waals surface area contributed by atoms with Gasteiger partial charge in [-0.25, -0.2) is 4.39 Å². The van der Waals surface area contributed by atoms with Gasteiger partial charge in [0.2, 0.25) is 0 Å². The summed E-state index contributed by atoms with van der Waals surface area (Å²) < 4.78 is 13.6. The van der Waals surface area contributed by atoms with Gasteiger partial charge < -0.3 is 10.8 Å². The van der Waals surface area contributed by atoms with Gasteiger partial charge >= 0.3 is 0 Å². The highest BCUT2D eigenvalue weighted by Crippen LogP contribution is 2.21. The first-order valence-corrected chi connectivity index (χ1v) is 5.59. The molecule has 1 saturated heterocycles. The van der Waals surface area contributed by atoms with Gasteiger partial charge in [0.25, 0.3) is 0 Å². The number of hydrogen-bond donors (Lipinski definition) is 2. The molecule has 16 heavy (non-hydrogen) atoms. The second kappa shape index (κ2) is 4.80. The molecule has 1 heterocycles. The van der Waals surface area contributed by atoms with Crippen molar-refractivity contribution >= 4 is 5.69 Å². The molecule has 1 aliphatic heterocycles. The van der Waals surface area contributed by atoms with E-state index in [-0.39, 0.29) is 18.5 Å². The molecule has 0 bridgehead atoms. The Bertz CT molecular complexity index is 370. The predicted molar refractivity (Wildman–Crippen MR) is 61.3 cm³/mol. The smallest absolute Gasteiger partial charge is 0.129 e. The van der Waals surface area contributed by atoms with E-state index in [1.807, 2.05) is 0 Å². The van der Waals surface area contributed by atoms with E-state index in [1.54, 1.807) is 12.1 Å². The number of aliphatic hydroxyl groups is 1. The minimum Gasteiger partial charge on any atom is -0.399 e. The summed E-state index contributed by atoms with van der Waals surface area (Å²) >= 11 is 0. The Hall–Kier alpha value is -1.13. The van der Waals surface area contributed by atoms with E-state index < -0.39 is 0 Å². The molecule has 88 valence electrons. The number of benzene rings is 1. The summed E-state index contributed by atoms with van der Waals surface area (Å²) in [7, 11) is 0. The highest BCUT2D eigenvalue weighted by atomic mass is 19.1. The SMILES string of the molecule is Nc1ccc(CN2CCCC2CO)c(F)c1. The molecular weight excluding hydrogens is 207 g/mol. The van der Waals surface area contributed by atoms with Crippen molar-refractivity contribution in [3.8, 4) is 0 Å². The Labute approximate surface area is 94.7 Å². The summed E-state index contributed by atoms with van der Waals surface area (Å²) in [4.78, 5) is 2.12. The number of anilines is 1. The molecule has 0 radical (unpaired) electrons. The van der Waals surface area contributed by atoms with Crippen molar-refractivity contribution in [1.82, 2.24) is 4.90 Å². The number of aliphatic hydroxyl groups excluding tert-OH is 1. The van der Waals surface area contributed by atoms with Crippen LogP contribution in [-0.4, -0.2) is 29.2 Å². The maximum Gasteiger partial charge on any atom is 0.129 e. The zero-order valence-corrected chi connectivity index (χ0v) is 9.19. The number of halogens is 1. The first kappa shape index (κ1) is 11.4. The molecule has 3 N–H and O–H groups in total. The standard InChI is InChI=1S/C12H17FN2O/c13-12-6-10(14)4-3-9(12)7-15-5-1-2-11(15)8-16/h3-4,6,11,16H,1-2,5,7-8,14H2. The Balaban J connectivity index is 2.08. The third-order valence-electron chi connectivity index (χ3n) is 3.16.